The first kappa shape index (κ1) is 13.1. The molecule has 0 saturated heterocycles. The summed E-state index contributed by atoms with van der Waals surface area (Å²) in [4.78, 5) is 7.15. The van der Waals surface area contributed by atoms with E-state index in [4.69, 9.17) is 6.57 Å². The molecular weight excluding hydrogens is 253 g/mol. The standard InChI is InChI=1S/C14H9F3N2/c1-9-6-7-10(8-11(9)14(15,16)17)12-4-3-5-13(18-2)19-12/h3-8H,1H3. The van der Waals surface area contributed by atoms with Crippen LogP contribution in [0.25, 0.3) is 16.1 Å². The number of halogens is 3. The molecule has 0 aliphatic rings. The Morgan fingerprint density at radius 1 is 1.16 bits per heavy atom. The van der Waals surface area contributed by atoms with Crippen LogP contribution >= 0.6 is 0 Å². The molecule has 0 aliphatic carbocycles. The van der Waals surface area contributed by atoms with Crippen LogP contribution in [0.15, 0.2) is 36.4 Å². The van der Waals surface area contributed by atoms with E-state index in [1.807, 2.05) is 0 Å². The van der Waals surface area contributed by atoms with Crippen molar-refractivity contribution in [2.45, 2.75) is 13.1 Å². The van der Waals surface area contributed by atoms with Gasteiger partial charge in [-0.1, -0.05) is 24.8 Å². The largest absolute Gasteiger partial charge is 0.416 e. The molecule has 0 aliphatic heterocycles. The van der Waals surface area contributed by atoms with Gasteiger partial charge in [-0.25, -0.2) is 0 Å². The van der Waals surface area contributed by atoms with Crippen LogP contribution in [-0.2, 0) is 6.18 Å². The first-order chi connectivity index (χ1) is 8.91. The van der Waals surface area contributed by atoms with E-state index in [-0.39, 0.29) is 11.4 Å². The third-order valence-electron chi connectivity index (χ3n) is 2.69. The minimum absolute atomic E-state index is 0.159. The van der Waals surface area contributed by atoms with Crippen molar-refractivity contribution < 1.29 is 13.2 Å². The first-order valence-corrected chi connectivity index (χ1v) is 5.44. The van der Waals surface area contributed by atoms with Gasteiger partial charge in [-0.2, -0.15) is 13.2 Å². The molecule has 0 radical (unpaired) electrons. The van der Waals surface area contributed by atoms with Crippen molar-refractivity contribution in [3.63, 3.8) is 0 Å². The Bertz CT molecular complexity index is 654. The van der Waals surface area contributed by atoms with Crippen LogP contribution in [0.1, 0.15) is 11.1 Å². The van der Waals surface area contributed by atoms with Crippen molar-refractivity contribution in [2.75, 3.05) is 0 Å². The molecule has 1 heterocycles. The van der Waals surface area contributed by atoms with Gasteiger partial charge in [0.05, 0.1) is 5.56 Å². The molecule has 0 unspecified atom stereocenters. The lowest BCUT2D eigenvalue weighted by molar-refractivity contribution is -0.138. The Labute approximate surface area is 108 Å². The van der Waals surface area contributed by atoms with Gasteiger partial charge in [-0.3, -0.25) is 0 Å². The van der Waals surface area contributed by atoms with E-state index in [1.54, 1.807) is 18.2 Å². The van der Waals surface area contributed by atoms with E-state index in [0.717, 1.165) is 6.07 Å². The van der Waals surface area contributed by atoms with Crippen molar-refractivity contribution >= 4 is 5.82 Å². The third kappa shape index (κ3) is 2.74. The molecule has 0 atom stereocenters. The number of nitrogens with zero attached hydrogens (tertiary/aromatic N) is 2. The van der Waals surface area contributed by atoms with Crippen molar-refractivity contribution in [3.8, 4) is 11.3 Å². The molecule has 96 valence electrons. The van der Waals surface area contributed by atoms with Crippen LogP contribution in [0.2, 0.25) is 0 Å². The number of aryl methyl sites for hydroxylation is 1. The van der Waals surface area contributed by atoms with Crippen LogP contribution in [0.5, 0.6) is 0 Å². The quantitative estimate of drug-likeness (QED) is 0.685. The molecular formula is C14H9F3N2. The van der Waals surface area contributed by atoms with Crippen molar-refractivity contribution in [1.29, 1.82) is 0 Å². The van der Waals surface area contributed by atoms with Gasteiger partial charge in [0.25, 0.3) is 5.82 Å². The number of hydrogen-bond donors (Lipinski definition) is 0. The average Bonchev–Trinajstić information content (AvgIpc) is 2.38. The Balaban J connectivity index is 2.55. The fourth-order valence-corrected chi connectivity index (χ4v) is 1.73. The van der Waals surface area contributed by atoms with E-state index in [1.165, 1.54) is 19.1 Å². The zero-order valence-corrected chi connectivity index (χ0v) is 9.99. The monoisotopic (exact) mass is 262 g/mol. The summed E-state index contributed by atoms with van der Waals surface area (Å²) in [6.45, 7) is 8.27. The summed E-state index contributed by atoms with van der Waals surface area (Å²) in [5.74, 6) is 0.159. The molecule has 19 heavy (non-hydrogen) atoms. The van der Waals surface area contributed by atoms with E-state index in [2.05, 4.69) is 9.83 Å². The molecule has 1 aromatic heterocycles. The van der Waals surface area contributed by atoms with Crippen LogP contribution in [0.3, 0.4) is 0 Å². The molecule has 0 saturated carbocycles. The summed E-state index contributed by atoms with van der Waals surface area (Å²) in [5, 5.41) is 0. The van der Waals surface area contributed by atoms with Gasteiger partial charge < -0.3 is 4.85 Å². The maximum Gasteiger partial charge on any atom is 0.416 e. The number of hydrogen-bond acceptors (Lipinski definition) is 1. The summed E-state index contributed by atoms with van der Waals surface area (Å²) >= 11 is 0. The van der Waals surface area contributed by atoms with Gasteiger partial charge in [0.15, 0.2) is 5.69 Å². The molecule has 2 aromatic rings. The maximum absolute atomic E-state index is 12.8. The molecule has 0 fully saturated rings. The second-order valence-electron chi connectivity index (χ2n) is 4.02. The maximum atomic E-state index is 12.8. The van der Waals surface area contributed by atoms with Gasteiger partial charge in [0.2, 0.25) is 0 Å². The number of alkyl halides is 3. The van der Waals surface area contributed by atoms with Crippen LogP contribution in [0.4, 0.5) is 19.0 Å². The lowest BCUT2D eigenvalue weighted by Crippen LogP contribution is -2.07. The zero-order valence-electron chi connectivity index (χ0n) is 9.99. The lowest BCUT2D eigenvalue weighted by Gasteiger charge is -2.11. The number of benzene rings is 1. The van der Waals surface area contributed by atoms with Gasteiger partial charge in [0.1, 0.15) is 0 Å². The smallest absolute Gasteiger partial charge is 0.361 e. The molecule has 0 spiro atoms. The van der Waals surface area contributed by atoms with Crippen molar-refractivity contribution in [2.24, 2.45) is 0 Å². The molecule has 5 heteroatoms. The van der Waals surface area contributed by atoms with Crippen molar-refractivity contribution in [3.05, 3.63) is 58.9 Å². The number of pyridine rings is 1. The highest BCUT2D eigenvalue weighted by molar-refractivity contribution is 5.63. The van der Waals surface area contributed by atoms with Crippen molar-refractivity contribution in [1.82, 2.24) is 4.98 Å². The average molecular weight is 262 g/mol. The number of aromatic nitrogens is 1. The first-order valence-electron chi connectivity index (χ1n) is 5.44. The highest BCUT2D eigenvalue weighted by atomic mass is 19.4. The molecule has 0 N–H and O–H groups in total. The van der Waals surface area contributed by atoms with E-state index >= 15 is 0 Å². The second kappa shape index (κ2) is 4.73. The third-order valence-corrected chi connectivity index (χ3v) is 2.69. The Morgan fingerprint density at radius 2 is 1.89 bits per heavy atom. The van der Waals surface area contributed by atoms with Crippen LogP contribution in [0, 0.1) is 13.5 Å². The predicted octanol–water partition coefficient (Wildman–Crippen LogP) is 4.63. The van der Waals surface area contributed by atoms with Crippen LogP contribution < -0.4 is 0 Å². The summed E-state index contributed by atoms with van der Waals surface area (Å²) in [7, 11) is 0. The molecule has 1 aromatic carbocycles. The molecule has 2 rings (SSSR count). The van der Waals surface area contributed by atoms with E-state index in [9.17, 15) is 13.2 Å². The molecule has 0 bridgehead atoms. The summed E-state index contributed by atoms with van der Waals surface area (Å²) in [5.41, 5.74) is 0.194. The minimum Gasteiger partial charge on any atom is -0.361 e. The summed E-state index contributed by atoms with van der Waals surface area (Å²) in [6.07, 6.45) is -4.39. The fourth-order valence-electron chi connectivity index (χ4n) is 1.73. The Morgan fingerprint density at radius 3 is 2.53 bits per heavy atom. The highest BCUT2D eigenvalue weighted by Crippen LogP contribution is 2.34. The van der Waals surface area contributed by atoms with E-state index < -0.39 is 11.7 Å². The summed E-state index contributed by atoms with van der Waals surface area (Å²) in [6, 6.07) is 8.73. The lowest BCUT2D eigenvalue weighted by atomic mass is 10.0. The van der Waals surface area contributed by atoms with Crippen LogP contribution in [-0.4, -0.2) is 4.98 Å². The zero-order chi connectivity index (χ0) is 14.0. The van der Waals surface area contributed by atoms with Gasteiger partial charge >= 0.3 is 6.18 Å². The topological polar surface area (TPSA) is 17.2 Å². The second-order valence-corrected chi connectivity index (χ2v) is 4.02. The summed E-state index contributed by atoms with van der Waals surface area (Å²) < 4.78 is 38.5. The SMILES string of the molecule is [C-]#[N+]c1cccc(-c2ccc(C)c(C(F)(F)F)c2)n1. The molecule has 0 amide bonds. The normalized spacial score (nSPS) is 11.1. The predicted molar refractivity (Wildman–Crippen MR) is 65.7 cm³/mol. The minimum atomic E-state index is -4.39. The molecule has 2 nitrogen and oxygen atoms in total. The Hall–Kier alpha value is -2.35. The van der Waals surface area contributed by atoms with Gasteiger partial charge in [0, 0.05) is 5.56 Å². The van der Waals surface area contributed by atoms with Gasteiger partial charge in [-0.05, 0) is 30.7 Å². The van der Waals surface area contributed by atoms with Gasteiger partial charge in [-0.15, -0.1) is 4.98 Å². The fraction of sp³-hybridized carbons (Fsp3) is 0.143. The highest BCUT2D eigenvalue weighted by Gasteiger charge is 2.32. The number of rotatable bonds is 1. The van der Waals surface area contributed by atoms with E-state index in [0.29, 0.717) is 11.3 Å². The Kier molecular flexibility index (Phi) is 3.26.